The number of ether oxygens (including phenoxy) is 1. The molecule has 1 atom stereocenters. The van der Waals surface area contributed by atoms with Crippen LogP contribution in [0.4, 0.5) is 14.0 Å². The molecular weight excluding hydrogens is 429 g/mol. The summed E-state index contributed by atoms with van der Waals surface area (Å²) >= 11 is 0. The Bertz CT molecular complexity index is 914. The molecule has 0 unspecified atom stereocenters. The lowest BCUT2D eigenvalue weighted by Crippen LogP contribution is -2.55. The Labute approximate surface area is 193 Å². The Hall–Kier alpha value is -3.14. The number of nitrogens with zero attached hydrogens (tertiary/aromatic N) is 3. The van der Waals surface area contributed by atoms with Crippen molar-refractivity contribution in [3.63, 3.8) is 0 Å². The summed E-state index contributed by atoms with van der Waals surface area (Å²) in [5.74, 6) is -0.993. The van der Waals surface area contributed by atoms with Gasteiger partial charge < -0.3 is 20.3 Å². The van der Waals surface area contributed by atoms with Crippen LogP contribution in [0.15, 0.2) is 35.5 Å². The molecule has 0 saturated carbocycles. The summed E-state index contributed by atoms with van der Waals surface area (Å²) in [6.45, 7) is 9.14. The van der Waals surface area contributed by atoms with Gasteiger partial charge in [-0.2, -0.15) is 0 Å². The highest BCUT2D eigenvalue weighted by molar-refractivity contribution is 5.95. The summed E-state index contributed by atoms with van der Waals surface area (Å²) in [5.41, 5.74) is 1.32. The van der Waals surface area contributed by atoms with Crippen LogP contribution < -0.4 is 10.6 Å². The SMILES string of the molecule is CCNC(=O)N1CCN(CC2=C(C(=O)OCC)[C@H](c3cccc(F)c3)NC(=O)N2CC)CC1. The highest BCUT2D eigenvalue weighted by Crippen LogP contribution is 2.32. The molecule has 0 aromatic heterocycles. The van der Waals surface area contributed by atoms with E-state index in [0.29, 0.717) is 62.6 Å². The van der Waals surface area contributed by atoms with Gasteiger partial charge in [0.15, 0.2) is 0 Å². The zero-order valence-electron chi connectivity index (χ0n) is 19.4. The van der Waals surface area contributed by atoms with Crippen molar-refractivity contribution in [2.24, 2.45) is 0 Å². The van der Waals surface area contributed by atoms with Crippen LogP contribution in [-0.2, 0) is 9.53 Å². The molecule has 10 heteroatoms. The predicted octanol–water partition coefficient (Wildman–Crippen LogP) is 2.08. The smallest absolute Gasteiger partial charge is 0.338 e. The van der Waals surface area contributed by atoms with Gasteiger partial charge in [-0.25, -0.2) is 18.8 Å². The maximum Gasteiger partial charge on any atom is 0.338 e. The second kappa shape index (κ2) is 11.1. The van der Waals surface area contributed by atoms with E-state index < -0.39 is 17.8 Å². The molecule has 9 nitrogen and oxygen atoms in total. The molecule has 3 rings (SSSR count). The predicted molar refractivity (Wildman–Crippen MR) is 121 cm³/mol. The van der Waals surface area contributed by atoms with Crippen molar-refractivity contribution >= 4 is 18.0 Å². The summed E-state index contributed by atoms with van der Waals surface area (Å²) in [4.78, 5) is 43.5. The van der Waals surface area contributed by atoms with Crippen LogP contribution >= 0.6 is 0 Å². The van der Waals surface area contributed by atoms with Gasteiger partial charge in [-0.15, -0.1) is 0 Å². The number of esters is 1. The normalized spacial score (nSPS) is 19.4. The molecule has 2 N–H and O–H groups in total. The van der Waals surface area contributed by atoms with Crippen LogP contribution in [-0.4, -0.2) is 85.2 Å². The van der Waals surface area contributed by atoms with E-state index in [-0.39, 0.29) is 18.7 Å². The number of rotatable bonds is 7. The number of benzene rings is 1. The molecule has 0 aliphatic carbocycles. The van der Waals surface area contributed by atoms with Crippen molar-refractivity contribution in [2.75, 3.05) is 52.4 Å². The van der Waals surface area contributed by atoms with Crippen LogP contribution in [0.5, 0.6) is 0 Å². The summed E-state index contributed by atoms with van der Waals surface area (Å²) in [7, 11) is 0. The van der Waals surface area contributed by atoms with E-state index in [0.717, 1.165) is 0 Å². The second-order valence-corrected chi connectivity index (χ2v) is 7.86. The first kappa shape index (κ1) is 24.5. The maximum atomic E-state index is 14.0. The molecule has 0 bridgehead atoms. The Balaban J connectivity index is 1.93. The highest BCUT2D eigenvalue weighted by Gasteiger charge is 2.38. The van der Waals surface area contributed by atoms with Gasteiger partial charge in [-0.3, -0.25) is 9.80 Å². The highest BCUT2D eigenvalue weighted by atomic mass is 19.1. The molecular formula is C23H32FN5O4. The van der Waals surface area contributed by atoms with E-state index in [9.17, 15) is 18.8 Å². The van der Waals surface area contributed by atoms with E-state index in [1.165, 1.54) is 17.0 Å². The molecule has 0 spiro atoms. The first-order valence-electron chi connectivity index (χ1n) is 11.4. The first-order chi connectivity index (χ1) is 15.9. The van der Waals surface area contributed by atoms with Crippen LogP contribution in [0.25, 0.3) is 0 Å². The zero-order valence-corrected chi connectivity index (χ0v) is 19.4. The third-order valence-corrected chi connectivity index (χ3v) is 5.79. The monoisotopic (exact) mass is 461 g/mol. The van der Waals surface area contributed by atoms with Crippen molar-refractivity contribution in [2.45, 2.75) is 26.8 Å². The molecule has 4 amide bonds. The maximum absolute atomic E-state index is 14.0. The number of halogens is 1. The van der Waals surface area contributed by atoms with Gasteiger partial charge in [0.25, 0.3) is 0 Å². The summed E-state index contributed by atoms with van der Waals surface area (Å²) in [6.07, 6.45) is 0. The first-order valence-corrected chi connectivity index (χ1v) is 11.4. The molecule has 1 aromatic carbocycles. The van der Waals surface area contributed by atoms with Gasteiger partial charge in [0.1, 0.15) is 5.82 Å². The standard InChI is InChI=1S/C23H32FN5O4/c1-4-25-22(31)28-12-10-27(11-13-28)15-18-19(21(30)33-6-3)20(26-23(32)29(18)5-2)16-8-7-9-17(24)14-16/h7-9,14,20H,4-6,10-13,15H2,1-3H3,(H,25,31)(H,26,32)/t20-/m0/s1. The second-order valence-electron chi connectivity index (χ2n) is 7.86. The number of hydrogen-bond donors (Lipinski definition) is 2. The molecule has 33 heavy (non-hydrogen) atoms. The minimum absolute atomic E-state index is 0.0954. The molecule has 0 radical (unpaired) electrons. The number of likely N-dealkylation sites (N-methyl/N-ethyl adjacent to an activating group) is 1. The molecule has 1 saturated heterocycles. The van der Waals surface area contributed by atoms with E-state index in [2.05, 4.69) is 15.5 Å². The lowest BCUT2D eigenvalue weighted by atomic mass is 9.94. The van der Waals surface area contributed by atoms with Gasteiger partial charge in [0, 0.05) is 51.5 Å². The van der Waals surface area contributed by atoms with Gasteiger partial charge in [-0.05, 0) is 38.5 Å². The van der Waals surface area contributed by atoms with Gasteiger partial charge in [-0.1, -0.05) is 12.1 Å². The average Bonchev–Trinajstić information content (AvgIpc) is 2.79. The molecule has 2 heterocycles. The average molecular weight is 462 g/mol. The van der Waals surface area contributed by atoms with Crippen LogP contribution in [0, 0.1) is 5.82 Å². The van der Waals surface area contributed by atoms with Crippen molar-refractivity contribution in [3.05, 3.63) is 46.9 Å². The number of piperazine rings is 1. The van der Waals surface area contributed by atoms with Crippen LogP contribution in [0.1, 0.15) is 32.4 Å². The van der Waals surface area contributed by atoms with Gasteiger partial charge in [0.2, 0.25) is 0 Å². The molecule has 180 valence electrons. The number of carbonyl (C=O) groups is 3. The number of carbonyl (C=O) groups excluding carboxylic acids is 3. The summed E-state index contributed by atoms with van der Waals surface area (Å²) in [5, 5.41) is 5.64. The van der Waals surface area contributed by atoms with E-state index >= 15 is 0 Å². The Morgan fingerprint density at radius 1 is 1.18 bits per heavy atom. The summed E-state index contributed by atoms with van der Waals surface area (Å²) in [6, 6.07) is 4.59. The third-order valence-electron chi connectivity index (χ3n) is 5.79. The number of urea groups is 2. The largest absolute Gasteiger partial charge is 0.463 e. The van der Waals surface area contributed by atoms with Crippen LogP contribution in [0.3, 0.4) is 0 Å². The fourth-order valence-electron chi connectivity index (χ4n) is 4.18. The van der Waals surface area contributed by atoms with Gasteiger partial charge in [0.05, 0.1) is 18.2 Å². The van der Waals surface area contributed by atoms with Crippen molar-refractivity contribution < 1.29 is 23.5 Å². The molecule has 1 aromatic rings. The van der Waals surface area contributed by atoms with E-state index in [1.807, 2.05) is 13.8 Å². The number of hydrogen-bond acceptors (Lipinski definition) is 5. The number of nitrogens with one attached hydrogen (secondary N) is 2. The topological polar surface area (TPSA) is 94.2 Å². The fourth-order valence-corrected chi connectivity index (χ4v) is 4.18. The minimum atomic E-state index is -0.818. The Kier molecular flexibility index (Phi) is 8.26. The Morgan fingerprint density at radius 3 is 2.52 bits per heavy atom. The van der Waals surface area contributed by atoms with Crippen molar-refractivity contribution in [1.29, 1.82) is 0 Å². The number of amides is 4. The van der Waals surface area contributed by atoms with Crippen molar-refractivity contribution in [3.8, 4) is 0 Å². The molecule has 1 fully saturated rings. The van der Waals surface area contributed by atoms with E-state index in [4.69, 9.17) is 4.74 Å². The van der Waals surface area contributed by atoms with Crippen molar-refractivity contribution in [1.82, 2.24) is 25.3 Å². The lowest BCUT2D eigenvalue weighted by Gasteiger charge is -2.40. The Morgan fingerprint density at radius 2 is 1.91 bits per heavy atom. The van der Waals surface area contributed by atoms with E-state index in [1.54, 1.807) is 24.0 Å². The summed E-state index contributed by atoms with van der Waals surface area (Å²) < 4.78 is 19.3. The zero-order chi connectivity index (χ0) is 24.0. The molecule has 2 aliphatic rings. The third kappa shape index (κ3) is 5.62. The quantitative estimate of drug-likeness (QED) is 0.607. The molecule has 2 aliphatic heterocycles. The van der Waals surface area contributed by atoms with Gasteiger partial charge >= 0.3 is 18.0 Å². The minimum Gasteiger partial charge on any atom is -0.463 e. The fraction of sp³-hybridized carbons (Fsp3) is 0.522. The lowest BCUT2D eigenvalue weighted by molar-refractivity contribution is -0.139. The van der Waals surface area contributed by atoms with Crippen LogP contribution in [0.2, 0.25) is 0 Å².